The Balaban J connectivity index is 1.74. The standard InChI is InChI=1S/C23H27N3O5/c1-4-30-23(29)19-20(16-14-15(2)7-8-17(16)24(3)22(19)28)25-9-11-26(12-10-25)21(27)18-6-5-13-31-18/h6-8,14H,4-5,9-13H2,1-3H3. The number of hydrogen-bond acceptors (Lipinski definition) is 6. The van der Waals surface area contributed by atoms with Gasteiger partial charge in [0.2, 0.25) is 0 Å². The number of fused-ring (bicyclic) bond motifs is 1. The summed E-state index contributed by atoms with van der Waals surface area (Å²) in [6.45, 7) is 6.38. The second-order valence-corrected chi connectivity index (χ2v) is 7.81. The zero-order chi connectivity index (χ0) is 22.1. The molecule has 31 heavy (non-hydrogen) atoms. The van der Waals surface area contributed by atoms with Gasteiger partial charge in [-0.25, -0.2) is 4.79 Å². The Morgan fingerprint density at radius 2 is 1.90 bits per heavy atom. The van der Waals surface area contributed by atoms with Gasteiger partial charge in [-0.2, -0.15) is 0 Å². The Morgan fingerprint density at radius 3 is 2.55 bits per heavy atom. The van der Waals surface area contributed by atoms with Gasteiger partial charge in [0.15, 0.2) is 5.76 Å². The van der Waals surface area contributed by atoms with Crippen molar-refractivity contribution >= 4 is 28.5 Å². The van der Waals surface area contributed by atoms with Gasteiger partial charge in [0.1, 0.15) is 5.56 Å². The van der Waals surface area contributed by atoms with Crippen LogP contribution in [0.15, 0.2) is 34.8 Å². The van der Waals surface area contributed by atoms with Crippen molar-refractivity contribution in [3.05, 3.63) is 51.5 Å². The lowest BCUT2D eigenvalue weighted by Gasteiger charge is -2.37. The quantitative estimate of drug-likeness (QED) is 0.697. The number of benzene rings is 1. The molecule has 0 bridgehead atoms. The van der Waals surface area contributed by atoms with Gasteiger partial charge in [0.05, 0.1) is 24.4 Å². The Bertz CT molecular complexity index is 1130. The first-order chi connectivity index (χ1) is 14.9. The molecule has 2 aromatic rings. The van der Waals surface area contributed by atoms with Gasteiger partial charge in [-0.05, 0) is 32.1 Å². The number of nitrogens with zero attached hydrogens (tertiary/aromatic N) is 3. The van der Waals surface area contributed by atoms with Crippen molar-refractivity contribution in [3.63, 3.8) is 0 Å². The van der Waals surface area contributed by atoms with Gasteiger partial charge in [-0.15, -0.1) is 0 Å². The zero-order valence-electron chi connectivity index (χ0n) is 18.1. The van der Waals surface area contributed by atoms with Crippen LogP contribution in [0, 0.1) is 6.92 Å². The minimum absolute atomic E-state index is 0.0454. The molecule has 2 aliphatic heterocycles. The van der Waals surface area contributed by atoms with Gasteiger partial charge in [-0.3, -0.25) is 9.59 Å². The fourth-order valence-electron chi connectivity index (χ4n) is 4.22. The van der Waals surface area contributed by atoms with Crippen molar-refractivity contribution in [1.82, 2.24) is 9.47 Å². The minimum Gasteiger partial charge on any atom is -0.488 e. The molecule has 0 saturated carbocycles. The summed E-state index contributed by atoms with van der Waals surface area (Å²) < 4.78 is 12.1. The van der Waals surface area contributed by atoms with Crippen LogP contribution >= 0.6 is 0 Å². The van der Waals surface area contributed by atoms with Crippen molar-refractivity contribution in [1.29, 1.82) is 0 Å². The number of ether oxygens (including phenoxy) is 2. The lowest BCUT2D eigenvalue weighted by atomic mass is 10.0. The van der Waals surface area contributed by atoms with Gasteiger partial charge in [-0.1, -0.05) is 11.6 Å². The molecule has 0 N–H and O–H groups in total. The molecular formula is C23H27N3O5. The Kier molecular flexibility index (Phi) is 5.71. The topological polar surface area (TPSA) is 81.1 Å². The first-order valence-corrected chi connectivity index (χ1v) is 10.6. The van der Waals surface area contributed by atoms with Crippen molar-refractivity contribution in [3.8, 4) is 0 Å². The highest BCUT2D eigenvalue weighted by Crippen LogP contribution is 2.31. The third-order valence-electron chi connectivity index (χ3n) is 5.80. The van der Waals surface area contributed by atoms with E-state index in [1.54, 1.807) is 18.9 Å². The van der Waals surface area contributed by atoms with E-state index in [4.69, 9.17) is 9.47 Å². The van der Waals surface area contributed by atoms with E-state index in [1.807, 2.05) is 36.1 Å². The maximum atomic E-state index is 13.1. The van der Waals surface area contributed by atoms with Crippen LogP contribution in [0.25, 0.3) is 10.9 Å². The predicted octanol–water partition coefficient (Wildman–Crippen LogP) is 1.98. The molecule has 0 unspecified atom stereocenters. The number of pyridine rings is 1. The van der Waals surface area contributed by atoms with Crippen molar-refractivity contribution in [2.75, 3.05) is 44.3 Å². The van der Waals surface area contributed by atoms with E-state index < -0.39 is 5.97 Å². The lowest BCUT2D eigenvalue weighted by molar-refractivity contribution is -0.130. The molecule has 0 radical (unpaired) electrons. The monoisotopic (exact) mass is 425 g/mol. The molecule has 1 aromatic carbocycles. The molecule has 1 fully saturated rings. The van der Waals surface area contributed by atoms with E-state index in [0.29, 0.717) is 44.2 Å². The number of carbonyl (C=O) groups excluding carboxylic acids is 2. The normalized spacial score (nSPS) is 16.3. The molecule has 164 valence electrons. The number of esters is 1. The number of aromatic nitrogens is 1. The smallest absolute Gasteiger partial charge is 0.345 e. The van der Waals surface area contributed by atoms with Crippen molar-refractivity contribution in [2.24, 2.45) is 7.05 Å². The number of amides is 1. The Hall–Kier alpha value is -3.29. The largest absolute Gasteiger partial charge is 0.488 e. The second-order valence-electron chi connectivity index (χ2n) is 7.81. The van der Waals surface area contributed by atoms with Crippen LogP contribution in [0.1, 0.15) is 29.3 Å². The number of carbonyl (C=O) groups is 2. The molecule has 4 rings (SSSR count). The minimum atomic E-state index is -0.621. The summed E-state index contributed by atoms with van der Waals surface area (Å²) in [6, 6.07) is 5.83. The van der Waals surface area contributed by atoms with Crippen LogP contribution in [0.4, 0.5) is 5.69 Å². The summed E-state index contributed by atoms with van der Waals surface area (Å²) >= 11 is 0. The zero-order valence-corrected chi connectivity index (χ0v) is 18.1. The highest BCUT2D eigenvalue weighted by molar-refractivity contribution is 6.05. The first-order valence-electron chi connectivity index (χ1n) is 10.6. The number of anilines is 1. The fraction of sp³-hybridized carbons (Fsp3) is 0.435. The van der Waals surface area contributed by atoms with E-state index in [9.17, 15) is 14.4 Å². The molecular weight excluding hydrogens is 398 g/mol. The third-order valence-corrected chi connectivity index (χ3v) is 5.80. The molecule has 0 aliphatic carbocycles. The molecule has 3 heterocycles. The molecule has 0 atom stereocenters. The Morgan fingerprint density at radius 1 is 1.16 bits per heavy atom. The third kappa shape index (κ3) is 3.78. The summed E-state index contributed by atoms with van der Waals surface area (Å²) in [4.78, 5) is 42.4. The first kappa shape index (κ1) is 21.0. The van der Waals surface area contributed by atoms with Gasteiger partial charge in [0, 0.05) is 45.0 Å². The van der Waals surface area contributed by atoms with Gasteiger partial charge in [0.25, 0.3) is 11.5 Å². The van der Waals surface area contributed by atoms with Gasteiger partial charge >= 0.3 is 5.97 Å². The number of hydrogen-bond donors (Lipinski definition) is 0. The van der Waals surface area contributed by atoms with E-state index in [2.05, 4.69) is 0 Å². The van der Waals surface area contributed by atoms with Crippen molar-refractivity contribution in [2.45, 2.75) is 20.3 Å². The van der Waals surface area contributed by atoms with Crippen LogP contribution in [0.3, 0.4) is 0 Å². The van der Waals surface area contributed by atoms with E-state index in [-0.39, 0.29) is 23.6 Å². The molecule has 8 heteroatoms. The molecule has 8 nitrogen and oxygen atoms in total. The van der Waals surface area contributed by atoms with Gasteiger partial charge < -0.3 is 23.8 Å². The fourth-order valence-corrected chi connectivity index (χ4v) is 4.22. The number of piperazine rings is 1. The molecule has 0 spiro atoms. The molecule has 2 aliphatic rings. The lowest BCUT2D eigenvalue weighted by Crippen LogP contribution is -2.50. The van der Waals surface area contributed by atoms with Crippen LogP contribution in [0.2, 0.25) is 0 Å². The SMILES string of the molecule is CCOC(=O)c1c(N2CCN(C(=O)C3=CCCO3)CC2)c2cc(C)ccc2n(C)c1=O. The predicted molar refractivity (Wildman–Crippen MR) is 117 cm³/mol. The summed E-state index contributed by atoms with van der Waals surface area (Å²) in [5.74, 6) is -0.313. The average Bonchev–Trinajstić information content (AvgIpc) is 3.30. The maximum Gasteiger partial charge on any atom is 0.345 e. The summed E-state index contributed by atoms with van der Waals surface area (Å²) in [5, 5.41) is 0.826. The molecule has 1 saturated heterocycles. The maximum absolute atomic E-state index is 13.1. The summed E-state index contributed by atoms with van der Waals surface area (Å²) in [7, 11) is 1.67. The number of aryl methyl sites for hydroxylation is 2. The average molecular weight is 425 g/mol. The van der Waals surface area contributed by atoms with Crippen molar-refractivity contribution < 1.29 is 19.1 Å². The summed E-state index contributed by atoms with van der Waals surface area (Å²) in [6.07, 6.45) is 2.58. The van der Waals surface area contributed by atoms with E-state index >= 15 is 0 Å². The second kappa shape index (κ2) is 8.45. The van der Waals surface area contributed by atoms with Crippen LogP contribution in [-0.2, 0) is 21.3 Å². The number of rotatable bonds is 4. The summed E-state index contributed by atoms with van der Waals surface area (Å²) in [5.41, 5.74) is 2.03. The van der Waals surface area contributed by atoms with E-state index in [0.717, 1.165) is 22.9 Å². The highest BCUT2D eigenvalue weighted by atomic mass is 16.5. The van der Waals surface area contributed by atoms with Crippen LogP contribution < -0.4 is 10.5 Å². The Labute approximate surface area is 180 Å². The van der Waals surface area contributed by atoms with Crippen LogP contribution in [-0.4, -0.2) is 60.7 Å². The molecule has 1 aromatic heterocycles. The highest BCUT2D eigenvalue weighted by Gasteiger charge is 2.31. The molecule has 1 amide bonds. The van der Waals surface area contributed by atoms with Crippen LogP contribution in [0.5, 0.6) is 0 Å². The van der Waals surface area contributed by atoms with E-state index in [1.165, 1.54) is 4.57 Å².